The first-order chi connectivity index (χ1) is 13.5. The summed E-state index contributed by atoms with van der Waals surface area (Å²) >= 11 is 0. The fourth-order valence-corrected chi connectivity index (χ4v) is 3.15. The van der Waals surface area contributed by atoms with Crippen LogP contribution in [-0.2, 0) is 22.3 Å². The molecule has 3 rings (SSSR count). The first-order valence-electron chi connectivity index (χ1n) is 9.05. The predicted octanol–water partition coefficient (Wildman–Crippen LogP) is 5.41. The molecule has 28 heavy (non-hydrogen) atoms. The standard InChI is InChI=1S/C22H22O6/c1-5-13-7-9-15-17(11-13)20(28-22(24)26-4)18-12-14(6-2)8-10-16(18)19(15)27-21(23)25-3/h7-12H,5-6H2,1-4H3. The summed E-state index contributed by atoms with van der Waals surface area (Å²) < 4.78 is 20.4. The van der Waals surface area contributed by atoms with Crippen LogP contribution in [0.3, 0.4) is 0 Å². The molecule has 3 aromatic rings. The monoisotopic (exact) mass is 382 g/mol. The van der Waals surface area contributed by atoms with Crippen molar-refractivity contribution in [2.24, 2.45) is 0 Å². The van der Waals surface area contributed by atoms with Crippen molar-refractivity contribution in [2.75, 3.05) is 14.2 Å². The van der Waals surface area contributed by atoms with E-state index in [0.29, 0.717) is 33.0 Å². The summed E-state index contributed by atoms with van der Waals surface area (Å²) in [5, 5.41) is 2.59. The molecule has 0 heterocycles. The molecule has 0 fully saturated rings. The van der Waals surface area contributed by atoms with Gasteiger partial charge in [0.15, 0.2) is 0 Å². The molecule has 0 aliphatic rings. The van der Waals surface area contributed by atoms with E-state index in [0.717, 1.165) is 24.0 Å². The minimum Gasteiger partial charge on any atom is -0.437 e. The second-order valence-corrected chi connectivity index (χ2v) is 6.24. The zero-order chi connectivity index (χ0) is 20.3. The lowest BCUT2D eigenvalue weighted by Crippen LogP contribution is -2.10. The van der Waals surface area contributed by atoms with Gasteiger partial charge in [0.1, 0.15) is 11.5 Å². The minimum absolute atomic E-state index is 0.361. The van der Waals surface area contributed by atoms with Crippen molar-refractivity contribution < 1.29 is 28.5 Å². The lowest BCUT2D eigenvalue weighted by molar-refractivity contribution is 0.120. The molecule has 0 bridgehead atoms. The smallest absolute Gasteiger partial charge is 0.437 e. The number of fused-ring (bicyclic) bond motifs is 2. The molecule has 6 nitrogen and oxygen atoms in total. The molecule has 0 aliphatic carbocycles. The number of hydrogen-bond acceptors (Lipinski definition) is 6. The molecule has 0 saturated heterocycles. The highest BCUT2D eigenvalue weighted by Crippen LogP contribution is 2.44. The van der Waals surface area contributed by atoms with Gasteiger partial charge in [0, 0.05) is 21.5 Å². The Bertz CT molecular complexity index is 989. The number of aryl methyl sites for hydroxylation is 2. The molecular weight excluding hydrogens is 360 g/mol. The van der Waals surface area contributed by atoms with Crippen LogP contribution in [0.5, 0.6) is 11.5 Å². The van der Waals surface area contributed by atoms with Gasteiger partial charge < -0.3 is 18.9 Å². The van der Waals surface area contributed by atoms with Gasteiger partial charge in [-0.05, 0) is 36.1 Å². The van der Waals surface area contributed by atoms with Gasteiger partial charge in [-0.25, -0.2) is 9.59 Å². The van der Waals surface area contributed by atoms with Crippen molar-refractivity contribution in [3.63, 3.8) is 0 Å². The average molecular weight is 382 g/mol. The maximum atomic E-state index is 11.9. The highest BCUT2D eigenvalue weighted by atomic mass is 16.7. The molecule has 0 aliphatic heterocycles. The highest BCUT2D eigenvalue weighted by molar-refractivity contribution is 6.12. The van der Waals surface area contributed by atoms with E-state index < -0.39 is 12.3 Å². The summed E-state index contributed by atoms with van der Waals surface area (Å²) in [6.07, 6.45) is -0.0294. The number of ether oxygens (including phenoxy) is 4. The topological polar surface area (TPSA) is 71.1 Å². The van der Waals surface area contributed by atoms with Crippen LogP contribution >= 0.6 is 0 Å². The van der Waals surface area contributed by atoms with Crippen LogP contribution in [0.25, 0.3) is 21.5 Å². The lowest BCUT2D eigenvalue weighted by Gasteiger charge is -2.17. The van der Waals surface area contributed by atoms with Crippen molar-refractivity contribution in [3.05, 3.63) is 47.5 Å². The second kappa shape index (κ2) is 8.17. The summed E-state index contributed by atoms with van der Waals surface area (Å²) in [7, 11) is 2.52. The molecule has 0 saturated carbocycles. The van der Waals surface area contributed by atoms with E-state index in [1.165, 1.54) is 14.2 Å². The molecule has 0 radical (unpaired) electrons. The zero-order valence-corrected chi connectivity index (χ0v) is 16.3. The van der Waals surface area contributed by atoms with E-state index in [1.54, 1.807) is 0 Å². The number of methoxy groups -OCH3 is 2. The van der Waals surface area contributed by atoms with Crippen molar-refractivity contribution >= 4 is 33.9 Å². The van der Waals surface area contributed by atoms with E-state index in [-0.39, 0.29) is 0 Å². The van der Waals surface area contributed by atoms with Crippen LogP contribution in [-0.4, -0.2) is 26.5 Å². The Labute approximate surface area is 162 Å². The summed E-state index contributed by atoms with van der Waals surface area (Å²) in [4.78, 5) is 23.8. The van der Waals surface area contributed by atoms with E-state index in [4.69, 9.17) is 14.2 Å². The van der Waals surface area contributed by atoms with Crippen LogP contribution in [0.15, 0.2) is 36.4 Å². The van der Waals surface area contributed by atoms with E-state index >= 15 is 0 Å². The average Bonchev–Trinajstić information content (AvgIpc) is 2.74. The number of carbonyl (C=O) groups is 2. The molecule has 0 spiro atoms. The van der Waals surface area contributed by atoms with Crippen molar-refractivity contribution in [1.82, 2.24) is 0 Å². The van der Waals surface area contributed by atoms with Crippen LogP contribution < -0.4 is 9.47 Å². The molecule has 0 aromatic heterocycles. The van der Waals surface area contributed by atoms with E-state index in [2.05, 4.69) is 4.74 Å². The van der Waals surface area contributed by atoms with Crippen LogP contribution in [0, 0.1) is 0 Å². The van der Waals surface area contributed by atoms with Gasteiger partial charge in [0.05, 0.1) is 14.2 Å². The molecule has 0 N–H and O–H groups in total. The maximum Gasteiger partial charge on any atom is 0.513 e. The molecule has 0 amide bonds. The Morgan fingerprint density at radius 3 is 1.43 bits per heavy atom. The van der Waals surface area contributed by atoms with Crippen LogP contribution in [0.4, 0.5) is 9.59 Å². The number of benzene rings is 3. The van der Waals surface area contributed by atoms with Gasteiger partial charge in [-0.3, -0.25) is 0 Å². The second-order valence-electron chi connectivity index (χ2n) is 6.24. The van der Waals surface area contributed by atoms with Gasteiger partial charge in [-0.1, -0.05) is 38.1 Å². The van der Waals surface area contributed by atoms with Crippen LogP contribution in [0.2, 0.25) is 0 Å². The third-order valence-electron chi connectivity index (χ3n) is 4.67. The van der Waals surface area contributed by atoms with Gasteiger partial charge in [-0.15, -0.1) is 0 Å². The number of rotatable bonds is 4. The molecular formula is C22H22O6. The Morgan fingerprint density at radius 1 is 0.679 bits per heavy atom. The Morgan fingerprint density at radius 2 is 1.07 bits per heavy atom. The SMILES string of the molecule is CCc1ccc2c(OC(=O)OC)c3ccc(CC)cc3c(OC(=O)OC)c2c1. The van der Waals surface area contributed by atoms with E-state index in [1.807, 2.05) is 50.2 Å². The minimum atomic E-state index is -0.816. The lowest BCUT2D eigenvalue weighted by atomic mass is 9.96. The largest absolute Gasteiger partial charge is 0.513 e. The third-order valence-corrected chi connectivity index (χ3v) is 4.67. The normalized spacial score (nSPS) is 10.7. The van der Waals surface area contributed by atoms with Gasteiger partial charge in [0.2, 0.25) is 0 Å². The van der Waals surface area contributed by atoms with Crippen molar-refractivity contribution in [1.29, 1.82) is 0 Å². The summed E-state index contributed by atoms with van der Waals surface area (Å²) in [6.45, 7) is 4.06. The molecule has 3 aromatic carbocycles. The first kappa shape index (κ1) is 19.5. The highest BCUT2D eigenvalue weighted by Gasteiger charge is 2.21. The van der Waals surface area contributed by atoms with Gasteiger partial charge in [-0.2, -0.15) is 0 Å². The predicted molar refractivity (Wildman–Crippen MR) is 106 cm³/mol. The molecule has 6 heteroatoms. The Balaban J connectivity index is 2.44. The maximum absolute atomic E-state index is 11.9. The Kier molecular flexibility index (Phi) is 5.68. The first-order valence-corrected chi connectivity index (χ1v) is 9.05. The van der Waals surface area contributed by atoms with Crippen LogP contribution in [0.1, 0.15) is 25.0 Å². The molecule has 0 atom stereocenters. The fraction of sp³-hybridized carbons (Fsp3) is 0.273. The zero-order valence-electron chi connectivity index (χ0n) is 16.3. The number of carbonyl (C=O) groups excluding carboxylic acids is 2. The van der Waals surface area contributed by atoms with Gasteiger partial charge in [0.25, 0.3) is 0 Å². The Hall–Kier alpha value is -3.28. The van der Waals surface area contributed by atoms with Crippen molar-refractivity contribution in [3.8, 4) is 11.5 Å². The summed E-state index contributed by atoms with van der Waals surface area (Å²) in [6, 6.07) is 11.4. The molecule has 0 unspecified atom stereocenters. The molecule has 146 valence electrons. The third kappa shape index (κ3) is 3.58. The van der Waals surface area contributed by atoms with E-state index in [9.17, 15) is 9.59 Å². The quantitative estimate of drug-likeness (QED) is 0.341. The van der Waals surface area contributed by atoms with Crippen molar-refractivity contribution in [2.45, 2.75) is 26.7 Å². The fourth-order valence-electron chi connectivity index (χ4n) is 3.15. The number of hydrogen-bond donors (Lipinski definition) is 0. The summed E-state index contributed by atoms with van der Waals surface area (Å²) in [5.74, 6) is 0.735. The summed E-state index contributed by atoms with van der Waals surface area (Å²) in [5.41, 5.74) is 2.11. The van der Waals surface area contributed by atoms with Gasteiger partial charge >= 0.3 is 12.3 Å².